The van der Waals surface area contributed by atoms with E-state index < -0.39 is 15.9 Å². The molecule has 0 radical (unpaired) electrons. The molecule has 1 saturated carbocycles. The fourth-order valence-electron chi connectivity index (χ4n) is 3.03. The standard InChI is InChI=1S/C22H22N2O6S/c1-14(13-25)29-17-10-15(22-23-9-8-21(26)24-22)11-18(12-17)30-16-2-4-19(5-3-16)31(27,28)20-6-7-20/h2-5,8-12,14,20,25H,6-7,13H2,1H3,(H,23,24,26)/t14-/m0/s1. The average Bonchev–Trinajstić information content (AvgIpc) is 3.60. The van der Waals surface area contributed by atoms with Crippen molar-refractivity contribution in [2.24, 2.45) is 0 Å². The Balaban J connectivity index is 1.64. The highest BCUT2D eigenvalue weighted by atomic mass is 32.2. The van der Waals surface area contributed by atoms with Gasteiger partial charge in [-0.25, -0.2) is 13.4 Å². The monoisotopic (exact) mass is 442 g/mol. The molecule has 0 bridgehead atoms. The summed E-state index contributed by atoms with van der Waals surface area (Å²) in [7, 11) is -3.27. The molecule has 1 atom stereocenters. The number of nitrogens with zero attached hydrogens (tertiary/aromatic N) is 1. The number of aliphatic hydroxyl groups excluding tert-OH is 1. The van der Waals surface area contributed by atoms with Gasteiger partial charge in [0.15, 0.2) is 9.84 Å². The van der Waals surface area contributed by atoms with Crippen molar-refractivity contribution < 1.29 is 23.0 Å². The topological polar surface area (TPSA) is 119 Å². The van der Waals surface area contributed by atoms with E-state index in [1.807, 2.05) is 0 Å². The van der Waals surface area contributed by atoms with E-state index in [4.69, 9.17) is 9.47 Å². The number of H-pyrrole nitrogens is 1. The lowest BCUT2D eigenvalue weighted by atomic mass is 10.2. The van der Waals surface area contributed by atoms with Crippen LogP contribution in [0.25, 0.3) is 11.4 Å². The zero-order valence-electron chi connectivity index (χ0n) is 16.8. The lowest BCUT2D eigenvalue weighted by molar-refractivity contribution is 0.129. The van der Waals surface area contributed by atoms with Crippen LogP contribution in [0.2, 0.25) is 0 Å². The molecule has 9 heteroatoms. The van der Waals surface area contributed by atoms with Crippen LogP contribution in [0.1, 0.15) is 19.8 Å². The minimum Gasteiger partial charge on any atom is -0.488 e. The molecule has 1 aliphatic rings. The van der Waals surface area contributed by atoms with Crippen LogP contribution >= 0.6 is 0 Å². The maximum absolute atomic E-state index is 12.4. The van der Waals surface area contributed by atoms with E-state index in [-0.39, 0.29) is 22.3 Å². The van der Waals surface area contributed by atoms with Crippen LogP contribution in [0.5, 0.6) is 17.2 Å². The number of rotatable bonds is 8. The van der Waals surface area contributed by atoms with Gasteiger partial charge in [0, 0.05) is 23.9 Å². The summed E-state index contributed by atoms with van der Waals surface area (Å²) in [6.45, 7) is 1.55. The average molecular weight is 442 g/mol. The largest absolute Gasteiger partial charge is 0.488 e. The fourth-order valence-corrected chi connectivity index (χ4v) is 4.68. The van der Waals surface area contributed by atoms with Crippen LogP contribution in [0.15, 0.2) is 64.4 Å². The van der Waals surface area contributed by atoms with Gasteiger partial charge in [-0.1, -0.05) is 0 Å². The predicted molar refractivity (Wildman–Crippen MR) is 114 cm³/mol. The first-order valence-electron chi connectivity index (χ1n) is 9.85. The van der Waals surface area contributed by atoms with E-state index in [1.165, 1.54) is 24.4 Å². The lowest BCUT2D eigenvalue weighted by Crippen LogP contribution is -2.16. The second-order valence-electron chi connectivity index (χ2n) is 7.40. The molecule has 8 nitrogen and oxygen atoms in total. The van der Waals surface area contributed by atoms with Crippen LogP contribution in [0.4, 0.5) is 0 Å². The van der Waals surface area contributed by atoms with Crippen molar-refractivity contribution in [3.05, 3.63) is 65.1 Å². The summed E-state index contributed by atoms with van der Waals surface area (Å²) in [6, 6.07) is 12.6. The first-order chi connectivity index (χ1) is 14.8. The number of aromatic amines is 1. The molecular weight excluding hydrogens is 420 g/mol. The van der Waals surface area contributed by atoms with Crippen LogP contribution in [-0.4, -0.2) is 41.5 Å². The Morgan fingerprint density at radius 1 is 1.10 bits per heavy atom. The van der Waals surface area contributed by atoms with E-state index in [0.29, 0.717) is 41.5 Å². The summed E-state index contributed by atoms with van der Waals surface area (Å²) in [5.74, 6) is 1.61. The van der Waals surface area contributed by atoms with E-state index >= 15 is 0 Å². The fraction of sp³-hybridized carbons (Fsp3) is 0.273. The minimum atomic E-state index is -3.27. The number of nitrogens with one attached hydrogen (secondary N) is 1. The number of aliphatic hydroxyl groups is 1. The molecule has 0 unspecified atom stereocenters. The van der Waals surface area contributed by atoms with Gasteiger partial charge in [-0.05, 0) is 56.2 Å². The molecule has 0 aliphatic heterocycles. The van der Waals surface area contributed by atoms with Crippen molar-refractivity contribution in [1.29, 1.82) is 0 Å². The molecule has 1 heterocycles. The van der Waals surface area contributed by atoms with Crippen molar-refractivity contribution in [2.45, 2.75) is 36.0 Å². The van der Waals surface area contributed by atoms with Crippen molar-refractivity contribution >= 4 is 9.84 Å². The molecule has 0 saturated heterocycles. The summed E-state index contributed by atoms with van der Waals surface area (Å²) < 4.78 is 36.3. The highest BCUT2D eigenvalue weighted by molar-refractivity contribution is 7.92. The second kappa shape index (κ2) is 8.52. The SMILES string of the molecule is C[C@@H](CO)Oc1cc(Oc2ccc(S(=O)(=O)C3CC3)cc2)cc(-c2nccc(=O)[nH]2)c1. The Labute approximate surface area is 179 Å². The zero-order valence-corrected chi connectivity index (χ0v) is 17.6. The van der Waals surface area contributed by atoms with Crippen molar-refractivity contribution in [3.8, 4) is 28.6 Å². The van der Waals surface area contributed by atoms with E-state index in [0.717, 1.165) is 0 Å². The first kappa shape index (κ1) is 21.1. The van der Waals surface area contributed by atoms with Gasteiger partial charge >= 0.3 is 0 Å². The number of aromatic nitrogens is 2. The van der Waals surface area contributed by atoms with Gasteiger partial charge in [-0.2, -0.15) is 0 Å². The van der Waals surface area contributed by atoms with Crippen molar-refractivity contribution in [3.63, 3.8) is 0 Å². The summed E-state index contributed by atoms with van der Waals surface area (Å²) in [5.41, 5.74) is 0.262. The summed E-state index contributed by atoms with van der Waals surface area (Å²) in [6.07, 6.45) is 2.37. The number of hydrogen-bond acceptors (Lipinski definition) is 7. The minimum absolute atomic E-state index is 0.169. The Morgan fingerprint density at radius 3 is 2.45 bits per heavy atom. The van der Waals surface area contributed by atoms with Crippen LogP contribution in [-0.2, 0) is 9.84 Å². The molecule has 3 aromatic rings. The first-order valence-corrected chi connectivity index (χ1v) is 11.4. The van der Waals surface area contributed by atoms with Gasteiger partial charge in [-0.3, -0.25) is 4.79 Å². The van der Waals surface area contributed by atoms with Crippen molar-refractivity contribution in [1.82, 2.24) is 9.97 Å². The van der Waals surface area contributed by atoms with Gasteiger partial charge in [0.2, 0.25) is 0 Å². The maximum Gasteiger partial charge on any atom is 0.251 e. The molecule has 4 rings (SSSR count). The number of benzene rings is 2. The Morgan fingerprint density at radius 2 is 1.81 bits per heavy atom. The summed E-state index contributed by atoms with van der Waals surface area (Å²) in [5, 5.41) is 9.02. The zero-order chi connectivity index (χ0) is 22.0. The van der Waals surface area contributed by atoms with E-state index in [2.05, 4.69) is 9.97 Å². The number of ether oxygens (including phenoxy) is 2. The van der Waals surface area contributed by atoms with Crippen LogP contribution < -0.4 is 15.0 Å². The Kier molecular flexibility index (Phi) is 5.79. The second-order valence-corrected chi connectivity index (χ2v) is 9.63. The number of sulfone groups is 1. The van der Waals surface area contributed by atoms with Gasteiger partial charge in [0.25, 0.3) is 5.56 Å². The summed E-state index contributed by atoms with van der Waals surface area (Å²) >= 11 is 0. The molecule has 1 aliphatic carbocycles. The van der Waals surface area contributed by atoms with Gasteiger partial charge in [-0.15, -0.1) is 0 Å². The molecule has 2 N–H and O–H groups in total. The quantitative estimate of drug-likeness (QED) is 0.550. The third-order valence-electron chi connectivity index (χ3n) is 4.77. The molecule has 162 valence electrons. The smallest absolute Gasteiger partial charge is 0.251 e. The normalized spacial score (nSPS) is 14.8. The third kappa shape index (κ3) is 4.95. The molecule has 1 fully saturated rings. The molecule has 31 heavy (non-hydrogen) atoms. The van der Waals surface area contributed by atoms with Crippen LogP contribution in [0.3, 0.4) is 0 Å². The third-order valence-corrected chi connectivity index (χ3v) is 7.05. The lowest BCUT2D eigenvalue weighted by Gasteiger charge is -2.15. The van der Waals surface area contributed by atoms with Gasteiger partial charge < -0.3 is 19.6 Å². The van der Waals surface area contributed by atoms with Crippen molar-refractivity contribution in [2.75, 3.05) is 6.61 Å². The molecule has 2 aromatic carbocycles. The van der Waals surface area contributed by atoms with Gasteiger partial charge in [0.05, 0.1) is 16.8 Å². The summed E-state index contributed by atoms with van der Waals surface area (Å²) in [4.78, 5) is 18.8. The van der Waals surface area contributed by atoms with E-state index in [9.17, 15) is 18.3 Å². The highest BCUT2D eigenvalue weighted by Gasteiger charge is 2.36. The number of hydrogen-bond donors (Lipinski definition) is 2. The maximum atomic E-state index is 12.4. The molecule has 0 spiro atoms. The van der Waals surface area contributed by atoms with Gasteiger partial charge in [0.1, 0.15) is 29.2 Å². The Hall–Kier alpha value is -3.17. The molecule has 0 amide bonds. The highest BCUT2D eigenvalue weighted by Crippen LogP contribution is 2.35. The van der Waals surface area contributed by atoms with E-state index in [1.54, 1.807) is 37.3 Å². The predicted octanol–water partition coefficient (Wildman–Crippen LogP) is 2.92. The van der Waals surface area contributed by atoms with Crippen LogP contribution in [0, 0.1) is 0 Å². The molecule has 1 aromatic heterocycles. The Bertz CT molecular complexity index is 1230. The molecular formula is C22H22N2O6S.